The topological polar surface area (TPSA) is 46.2 Å². The van der Waals surface area contributed by atoms with Crippen molar-refractivity contribution in [2.45, 2.75) is 32.4 Å². The number of anilines is 1. The number of Topliss-reactive ketones (excluding diaryl/α,β-unsaturated/α-hetero) is 1. The van der Waals surface area contributed by atoms with Gasteiger partial charge in [-0.2, -0.15) is 13.2 Å². The zero-order valence-electron chi connectivity index (χ0n) is 12.9. The number of benzene rings is 1. The molecule has 0 bridgehead atoms. The van der Waals surface area contributed by atoms with Crippen LogP contribution in [0.2, 0.25) is 0 Å². The SMILES string of the molecule is Cc1ccc(NC(=O)CCCC(=O)c2cccs2)cc1C(F)(F)F. The molecule has 0 spiro atoms. The summed E-state index contributed by atoms with van der Waals surface area (Å²) < 4.78 is 38.5. The van der Waals surface area contributed by atoms with Crippen LogP contribution in [0.15, 0.2) is 35.7 Å². The van der Waals surface area contributed by atoms with Gasteiger partial charge < -0.3 is 5.32 Å². The number of thiophene rings is 1. The minimum absolute atomic E-state index is 0.0347. The van der Waals surface area contributed by atoms with Crippen molar-refractivity contribution in [3.05, 3.63) is 51.7 Å². The van der Waals surface area contributed by atoms with E-state index < -0.39 is 17.6 Å². The number of alkyl halides is 3. The summed E-state index contributed by atoms with van der Waals surface area (Å²) in [5.74, 6) is -0.446. The van der Waals surface area contributed by atoms with Crippen LogP contribution in [0.25, 0.3) is 0 Å². The largest absolute Gasteiger partial charge is 0.416 e. The van der Waals surface area contributed by atoms with Crippen LogP contribution >= 0.6 is 11.3 Å². The number of amides is 1. The van der Waals surface area contributed by atoms with Crippen LogP contribution in [0.1, 0.15) is 40.1 Å². The van der Waals surface area contributed by atoms with Gasteiger partial charge in [0.05, 0.1) is 10.4 Å². The highest BCUT2D eigenvalue weighted by atomic mass is 32.1. The highest BCUT2D eigenvalue weighted by molar-refractivity contribution is 7.12. The molecule has 0 aliphatic heterocycles. The molecular weight excluding hydrogens is 339 g/mol. The second-order valence-electron chi connectivity index (χ2n) is 5.33. The first-order valence-corrected chi connectivity index (χ1v) is 8.20. The number of nitrogens with one attached hydrogen (secondary N) is 1. The first kappa shape index (κ1) is 18.2. The average molecular weight is 355 g/mol. The van der Waals surface area contributed by atoms with Crippen molar-refractivity contribution >= 4 is 28.7 Å². The molecule has 0 aliphatic carbocycles. The standard InChI is InChI=1S/C17H16F3NO2S/c1-11-7-8-12(10-13(11)17(18,19)20)21-16(23)6-2-4-14(22)15-5-3-9-24-15/h3,5,7-10H,2,4,6H2,1H3,(H,21,23). The van der Waals surface area contributed by atoms with E-state index in [0.29, 0.717) is 11.3 Å². The van der Waals surface area contributed by atoms with Crippen LogP contribution in [0, 0.1) is 6.92 Å². The molecule has 1 heterocycles. The molecule has 0 atom stereocenters. The first-order valence-electron chi connectivity index (χ1n) is 7.32. The minimum atomic E-state index is -4.46. The molecule has 0 aliphatic rings. The van der Waals surface area contributed by atoms with Gasteiger partial charge in [-0.05, 0) is 42.5 Å². The fraction of sp³-hybridized carbons (Fsp3) is 0.294. The first-order chi connectivity index (χ1) is 11.3. The Morgan fingerprint density at radius 1 is 1.17 bits per heavy atom. The van der Waals surface area contributed by atoms with E-state index in [1.807, 2.05) is 0 Å². The van der Waals surface area contributed by atoms with Crippen molar-refractivity contribution < 1.29 is 22.8 Å². The lowest BCUT2D eigenvalue weighted by molar-refractivity contribution is -0.138. The molecule has 24 heavy (non-hydrogen) atoms. The third-order valence-corrected chi connectivity index (χ3v) is 4.34. The smallest absolute Gasteiger partial charge is 0.326 e. The number of hydrogen-bond donors (Lipinski definition) is 1. The van der Waals surface area contributed by atoms with E-state index >= 15 is 0 Å². The molecule has 1 aromatic carbocycles. The van der Waals surface area contributed by atoms with Crippen LogP contribution in [-0.4, -0.2) is 11.7 Å². The third-order valence-electron chi connectivity index (χ3n) is 3.43. The lowest BCUT2D eigenvalue weighted by Gasteiger charge is -2.12. The Bertz CT molecular complexity index is 724. The fourth-order valence-corrected chi connectivity index (χ4v) is 2.89. The summed E-state index contributed by atoms with van der Waals surface area (Å²) >= 11 is 1.34. The predicted molar refractivity (Wildman–Crippen MR) is 87.3 cm³/mol. The molecule has 1 amide bonds. The average Bonchev–Trinajstić information content (AvgIpc) is 3.02. The summed E-state index contributed by atoms with van der Waals surface area (Å²) in [5.41, 5.74) is -0.572. The molecule has 1 aromatic heterocycles. The third kappa shape index (κ3) is 4.92. The number of carbonyl (C=O) groups excluding carboxylic acids is 2. The summed E-state index contributed by atoms with van der Waals surface area (Å²) in [6, 6.07) is 7.17. The van der Waals surface area contributed by atoms with Crippen molar-refractivity contribution in [1.82, 2.24) is 0 Å². The van der Waals surface area contributed by atoms with Crippen molar-refractivity contribution in [3.8, 4) is 0 Å². The van der Waals surface area contributed by atoms with Crippen LogP contribution < -0.4 is 5.32 Å². The van der Waals surface area contributed by atoms with E-state index in [-0.39, 0.29) is 29.9 Å². The number of rotatable bonds is 6. The molecule has 3 nitrogen and oxygen atoms in total. The zero-order valence-corrected chi connectivity index (χ0v) is 13.8. The molecule has 0 radical (unpaired) electrons. The predicted octanol–water partition coefficient (Wildman–Crippen LogP) is 5.07. The maximum Gasteiger partial charge on any atom is 0.416 e. The van der Waals surface area contributed by atoms with Crippen LogP contribution in [-0.2, 0) is 11.0 Å². The molecular formula is C17H16F3NO2S. The number of hydrogen-bond acceptors (Lipinski definition) is 3. The highest BCUT2D eigenvalue weighted by Crippen LogP contribution is 2.33. The summed E-state index contributed by atoms with van der Waals surface area (Å²) in [5, 5.41) is 4.24. The van der Waals surface area contributed by atoms with Gasteiger partial charge in [-0.3, -0.25) is 9.59 Å². The van der Waals surface area contributed by atoms with Gasteiger partial charge in [0.15, 0.2) is 5.78 Å². The monoisotopic (exact) mass is 355 g/mol. The summed E-state index contributed by atoms with van der Waals surface area (Å²) in [7, 11) is 0. The molecule has 0 unspecified atom stereocenters. The van der Waals surface area contributed by atoms with Crippen LogP contribution in [0.4, 0.5) is 18.9 Å². The lowest BCUT2D eigenvalue weighted by Crippen LogP contribution is -2.14. The fourth-order valence-electron chi connectivity index (χ4n) is 2.20. The van der Waals surface area contributed by atoms with Gasteiger partial charge >= 0.3 is 6.18 Å². The van der Waals surface area contributed by atoms with E-state index in [1.54, 1.807) is 17.5 Å². The van der Waals surface area contributed by atoms with E-state index in [4.69, 9.17) is 0 Å². The maximum absolute atomic E-state index is 12.8. The Labute approximate surface area is 141 Å². The van der Waals surface area contributed by atoms with Crippen molar-refractivity contribution in [2.24, 2.45) is 0 Å². The Kier molecular flexibility index (Phi) is 5.77. The van der Waals surface area contributed by atoms with E-state index in [9.17, 15) is 22.8 Å². The molecule has 2 rings (SSSR count). The second kappa shape index (κ2) is 7.61. The molecule has 1 N–H and O–H groups in total. The zero-order chi connectivity index (χ0) is 17.7. The summed E-state index contributed by atoms with van der Waals surface area (Å²) in [6.45, 7) is 1.37. The Hall–Kier alpha value is -2.15. The van der Waals surface area contributed by atoms with Crippen molar-refractivity contribution in [2.75, 3.05) is 5.32 Å². The van der Waals surface area contributed by atoms with Gasteiger partial charge in [-0.25, -0.2) is 0 Å². The number of carbonyl (C=O) groups is 2. The van der Waals surface area contributed by atoms with Gasteiger partial charge in [-0.15, -0.1) is 11.3 Å². The number of ketones is 1. The van der Waals surface area contributed by atoms with Crippen LogP contribution in [0.5, 0.6) is 0 Å². The normalized spacial score (nSPS) is 11.3. The van der Waals surface area contributed by atoms with Gasteiger partial charge in [0.2, 0.25) is 5.91 Å². The Morgan fingerprint density at radius 2 is 1.92 bits per heavy atom. The van der Waals surface area contributed by atoms with E-state index in [0.717, 1.165) is 6.07 Å². The van der Waals surface area contributed by atoms with Gasteiger partial charge in [-0.1, -0.05) is 12.1 Å². The molecule has 2 aromatic rings. The lowest BCUT2D eigenvalue weighted by atomic mass is 10.1. The summed E-state index contributed by atoms with van der Waals surface area (Å²) in [4.78, 5) is 24.3. The maximum atomic E-state index is 12.8. The Morgan fingerprint density at radius 3 is 2.54 bits per heavy atom. The summed E-state index contributed by atoms with van der Waals surface area (Å²) in [6.07, 6.45) is -3.81. The van der Waals surface area contributed by atoms with Crippen molar-refractivity contribution in [3.63, 3.8) is 0 Å². The molecule has 128 valence electrons. The number of aryl methyl sites for hydroxylation is 1. The molecule has 0 fully saturated rings. The minimum Gasteiger partial charge on any atom is -0.326 e. The van der Waals surface area contributed by atoms with Crippen molar-refractivity contribution in [1.29, 1.82) is 0 Å². The second-order valence-corrected chi connectivity index (χ2v) is 6.28. The molecule has 0 saturated carbocycles. The van der Waals surface area contributed by atoms with E-state index in [1.165, 1.54) is 30.4 Å². The molecule has 7 heteroatoms. The molecule has 0 saturated heterocycles. The van der Waals surface area contributed by atoms with Crippen LogP contribution in [0.3, 0.4) is 0 Å². The van der Waals surface area contributed by atoms with Gasteiger partial charge in [0, 0.05) is 18.5 Å². The van der Waals surface area contributed by atoms with Gasteiger partial charge in [0.1, 0.15) is 0 Å². The quantitative estimate of drug-likeness (QED) is 0.736. The highest BCUT2D eigenvalue weighted by Gasteiger charge is 2.32. The van der Waals surface area contributed by atoms with E-state index in [2.05, 4.69) is 5.32 Å². The number of halogens is 3. The van der Waals surface area contributed by atoms with Gasteiger partial charge in [0.25, 0.3) is 0 Å². The Balaban J connectivity index is 1.87.